The molecular formula is C47H52BrF2N10O5P. The van der Waals surface area contributed by atoms with Crippen LogP contribution in [0.4, 0.5) is 43.3 Å². The molecule has 5 aromatic rings. The summed E-state index contributed by atoms with van der Waals surface area (Å²) >= 11 is 3.57. The minimum absolute atomic E-state index is 0.0253. The lowest BCUT2D eigenvalue weighted by molar-refractivity contribution is -0.137. The molecular weight excluding hydrogens is 933 g/mol. The average molecular weight is 986 g/mol. The van der Waals surface area contributed by atoms with Gasteiger partial charge in [0.05, 0.1) is 45.6 Å². The number of anilines is 6. The Morgan fingerprint density at radius 2 is 1.62 bits per heavy atom. The van der Waals surface area contributed by atoms with Gasteiger partial charge in [-0.1, -0.05) is 0 Å². The number of imide groups is 1. The van der Waals surface area contributed by atoms with Gasteiger partial charge in [0.2, 0.25) is 23.7 Å². The standard InChI is InChI=1S/C47H52BrF2N10O5P/c1-27-21-36(55-46-53-25-31(48)43(57-46)54-35-7-6-34-41(52-15-14-51-34)42(35)66(3,4)64)38(65-2)24-37(27)58-17-10-47(11-18-58)12-19-59(20-13-47)45(63)28-9-16-60(26-28)29-22-32(49)40(33(50)23-29)30-5-8-39(61)56-44(30)62/h6-7,14-15,21-25,28,30H,5,8-13,16-20,26H2,1-4H3,(H,56,61,62)(H2,53,54,55,57). The van der Waals surface area contributed by atoms with E-state index < -0.39 is 36.5 Å². The van der Waals surface area contributed by atoms with Crippen molar-refractivity contribution in [1.29, 1.82) is 0 Å². The van der Waals surface area contributed by atoms with Crippen LogP contribution in [0, 0.1) is 29.9 Å². The van der Waals surface area contributed by atoms with Crippen LogP contribution in [0.3, 0.4) is 0 Å². The fraction of sp³-hybridized carbons (Fsp3) is 0.426. The fourth-order valence-corrected chi connectivity index (χ4v) is 11.8. The Kier molecular flexibility index (Phi) is 12.5. The van der Waals surface area contributed by atoms with Crippen LogP contribution in [-0.2, 0) is 18.9 Å². The van der Waals surface area contributed by atoms with Crippen molar-refractivity contribution in [2.24, 2.45) is 11.3 Å². The maximum atomic E-state index is 15.3. The molecule has 6 heterocycles. The SMILES string of the molecule is COc1cc(N2CCC3(CCN(C(=O)C4CCN(c5cc(F)c(C6CCC(=O)NC6=O)c(F)c5)C4)CC3)CC2)c(C)cc1Nc1ncc(Br)c(Nc2ccc3nccnc3c2P(C)(C)=O)n1. The largest absolute Gasteiger partial charge is 0.494 e. The highest BCUT2D eigenvalue weighted by atomic mass is 79.9. The third-order valence-electron chi connectivity index (χ3n) is 13.8. The Balaban J connectivity index is 0.804. The quantitative estimate of drug-likeness (QED) is 0.0916. The number of rotatable bonds is 10. The summed E-state index contributed by atoms with van der Waals surface area (Å²) in [6.07, 6.45) is 9.36. The van der Waals surface area contributed by atoms with Gasteiger partial charge in [0.15, 0.2) is 0 Å². The van der Waals surface area contributed by atoms with Gasteiger partial charge in [-0.2, -0.15) is 4.98 Å². The number of benzene rings is 3. The number of ether oxygens (including phenoxy) is 1. The normalized spacial score (nSPS) is 19.9. The predicted molar refractivity (Wildman–Crippen MR) is 254 cm³/mol. The molecule has 9 rings (SSSR count). The summed E-state index contributed by atoms with van der Waals surface area (Å²) in [5.41, 5.74) is 4.88. The molecule has 0 aliphatic carbocycles. The van der Waals surface area contributed by atoms with E-state index in [0.717, 1.165) is 50.0 Å². The number of fused-ring (bicyclic) bond motifs is 1. The van der Waals surface area contributed by atoms with Crippen molar-refractivity contribution in [2.45, 2.75) is 57.8 Å². The molecule has 15 nitrogen and oxygen atoms in total. The van der Waals surface area contributed by atoms with Gasteiger partial charge >= 0.3 is 0 Å². The van der Waals surface area contributed by atoms with E-state index in [4.69, 9.17) is 9.72 Å². The van der Waals surface area contributed by atoms with Crippen LogP contribution < -0.4 is 35.8 Å². The van der Waals surface area contributed by atoms with Gasteiger partial charge in [-0.15, -0.1) is 0 Å². The smallest absolute Gasteiger partial charge is 0.234 e. The minimum atomic E-state index is -2.80. The number of nitrogens with zero attached hydrogens (tertiary/aromatic N) is 7. The van der Waals surface area contributed by atoms with Crippen molar-refractivity contribution >= 4 is 91.6 Å². The molecule has 2 atom stereocenters. The van der Waals surface area contributed by atoms with Crippen molar-refractivity contribution in [3.63, 3.8) is 0 Å². The molecule has 3 aromatic carbocycles. The Labute approximate surface area is 390 Å². The first-order valence-corrected chi connectivity index (χ1v) is 25.6. The van der Waals surface area contributed by atoms with Crippen LogP contribution in [0.1, 0.15) is 62.0 Å². The van der Waals surface area contributed by atoms with Crippen molar-refractivity contribution in [1.82, 2.24) is 30.2 Å². The molecule has 4 fully saturated rings. The molecule has 0 saturated carbocycles. The number of aryl methyl sites for hydroxylation is 1. The third-order valence-corrected chi connectivity index (χ3v) is 15.9. The van der Waals surface area contributed by atoms with E-state index in [1.807, 2.05) is 28.0 Å². The van der Waals surface area contributed by atoms with Crippen LogP contribution in [-0.4, -0.2) is 102 Å². The highest BCUT2D eigenvalue weighted by molar-refractivity contribution is 9.10. The zero-order chi connectivity index (χ0) is 46.5. The summed E-state index contributed by atoms with van der Waals surface area (Å²) in [6.45, 7) is 9.45. The number of amides is 3. The molecule has 4 saturated heterocycles. The molecule has 0 bridgehead atoms. The first kappa shape index (κ1) is 45.4. The predicted octanol–water partition coefficient (Wildman–Crippen LogP) is 7.77. The summed E-state index contributed by atoms with van der Waals surface area (Å²) in [5, 5.41) is 9.46. The number of carbonyl (C=O) groups is 3. The number of hydrogen-bond acceptors (Lipinski definition) is 13. The molecule has 0 radical (unpaired) electrons. The summed E-state index contributed by atoms with van der Waals surface area (Å²) in [4.78, 5) is 62.1. The van der Waals surface area contributed by atoms with E-state index in [1.54, 1.807) is 39.0 Å². The summed E-state index contributed by atoms with van der Waals surface area (Å²) in [5.74, 6) is -2.58. The van der Waals surface area contributed by atoms with E-state index in [2.05, 4.69) is 64.7 Å². The fourth-order valence-electron chi connectivity index (χ4n) is 10.1. The molecule has 19 heteroatoms. The Bertz CT molecular complexity index is 2770. The molecule has 346 valence electrons. The van der Waals surface area contributed by atoms with E-state index in [-0.39, 0.29) is 35.6 Å². The number of piperidine rings is 3. The van der Waals surface area contributed by atoms with Gasteiger partial charge in [0.1, 0.15) is 35.9 Å². The molecule has 3 N–H and O–H groups in total. The lowest BCUT2D eigenvalue weighted by Crippen LogP contribution is -2.49. The Morgan fingerprint density at radius 3 is 2.32 bits per heavy atom. The second-order valence-corrected chi connectivity index (χ2v) is 22.3. The van der Waals surface area contributed by atoms with E-state index in [0.29, 0.717) is 88.0 Å². The van der Waals surface area contributed by atoms with Crippen molar-refractivity contribution in [3.05, 3.63) is 82.2 Å². The van der Waals surface area contributed by atoms with Gasteiger partial charge in [0, 0.05) is 87.3 Å². The van der Waals surface area contributed by atoms with Crippen LogP contribution in [0.15, 0.2) is 59.5 Å². The van der Waals surface area contributed by atoms with Crippen molar-refractivity contribution < 1.29 is 32.5 Å². The molecule has 66 heavy (non-hydrogen) atoms. The molecule has 1 spiro atoms. The van der Waals surface area contributed by atoms with E-state index in [1.165, 1.54) is 12.1 Å². The maximum absolute atomic E-state index is 15.3. The zero-order valence-corrected chi connectivity index (χ0v) is 39.8. The number of hydrogen-bond donors (Lipinski definition) is 3. The lowest BCUT2D eigenvalue weighted by Gasteiger charge is -2.48. The summed E-state index contributed by atoms with van der Waals surface area (Å²) in [6, 6.07) is 10.2. The highest BCUT2D eigenvalue weighted by Gasteiger charge is 2.41. The van der Waals surface area contributed by atoms with Gasteiger partial charge in [-0.05, 0) is 116 Å². The first-order chi connectivity index (χ1) is 31.6. The number of halogens is 3. The number of likely N-dealkylation sites (tertiary alicyclic amines) is 1. The average Bonchev–Trinajstić information content (AvgIpc) is 3.79. The van der Waals surface area contributed by atoms with Gasteiger partial charge in [-0.3, -0.25) is 29.7 Å². The van der Waals surface area contributed by atoms with E-state index in [9.17, 15) is 18.9 Å². The number of methoxy groups -OCH3 is 1. The first-order valence-electron chi connectivity index (χ1n) is 22.3. The third kappa shape index (κ3) is 9.05. The van der Waals surface area contributed by atoms with Crippen LogP contribution >= 0.6 is 23.1 Å². The lowest BCUT2D eigenvalue weighted by atomic mass is 9.71. The number of nitrogens with one attached hydrogen (secondary N) is 3. The molecule has 4 aliphatic heterocycles. The maximum Gasteiger partial charge on any atom is 0.234 e. The van der Waals surface area contributed by atoms with Gasteiger partial charge in [-0.25, -0.2) is 13.8 Å². The number of aromatic nitrogens is 4. The Hall–Kier alpha value is -5.74. The van der Waals surface area contributed by atoms with Crippen LogP contribution in [0.25, 0.3) is 11.0 Å². The molecule has 2 aromatic heterocycles. The van der Waals surface area contributed by atoms with Gasteiger partial charge < -0.3 is 34.6 Å². The summed E-state index contributed by atoms with van der Waals surface area (Å²) in [7, 11) is -1.16. The van der Waals surface area contributed by atoms with Crippen molar-refractivity contribution in [3.8, 4) is 5.75 Å². The monoisotopic (exact) mass is 984 g/mol. The van der Waals surface area contributed by atoms with Crippen molar-refractivity contribution in [2.75, 3.05) is 80.1 Å². The molecule has 2 unspecified atom stereocenters. The zero-order valence-electron chi connectivity index (χ0n) is 37.3. The second-order valence-electron chi connectivity index (χ2n) is 18.3. The second kappa shape index (κ2) is 18.2. The molecule has 4 aliphatic rings. The topological polar surface area (TPSA) is 175 Å². The van der Waals surface area contributed by atoms with E-state index >= 15 is 8.78 Å². The minimum Gasteiger partial charge on any atom is -0.494 e. The Morgan fingerprint density at radius 1 is 0.909 bits per heavy atom. The summed E-state index contributed by atoms with van der Waals surface area (Å²) < 4.78 is 50.6. The number of carbonyl (C=O) groups excluding carboxylic acids is 3. The van der Waals surface area contributed by atoms with Gasteiger partial charge in [0.25, 0.3) is 0 Å². The van der Waals surface area contributed by atoms with Crippen LogP contribution in [0.2, 0.25) is 0 Å². The highest BCUT2D eigenvalue weighted by Crippen LogP contribution is 2.45. The van der Waals surface area contributed by atoms with Crippen LogP contribution in [0.5, 0.6) is 5.75 Å². The molecule has 3 amide bonds.